The molecule has 0 radical (unpaired) electrons. The topological polar surface area (TPSA) is 129 Å². The van der Waals surface area contributed by atoms with Crippen molar-refractivity contribution in [3.05, 3.63) is 41.0 Å². The van der Waals surface area contributed by atoms with Crippen LogP contribution in [0.5, 0.6) is 0 Å². The molecule has 3 N–H and O–H groups in total. The van der Waals surface area contributed by atoms with Crippen molar-refractivity contribution in [2.75, 3.05) is 0 Å². The van der Waals surface area contributed by atoms with E-state index >= 15 is 0 Å². The van der Waals surface area contributed by atoms with E-state index in [4.69, 9.17) is 5.11 Å². The molecule has 2 rings (SSSR count). The molecule has 1 aliphatic carbocycles. The molecular weight excluding hydrogens is 288 g/mol. The van der Waals surface area contributed by atoms with Crippen LogP contribution in [0.25, 0.3) is 6.08 Å². The standard InChI is InChI=1S/C12H10O7S/c13-10(14)8-5-7-3-1-2-4-9(7)12(6-8,11(15)16)20(17,18)19/h1-5H,6H2,(H,13,14)(H,15,16)(H,17,18,19). The highest BCUT2D eigenvalue weighted by Gasteiger charge is 2.55. The van der Waals surface area contributed by atoms with Crippen LogP contribution in [0.15, 0.2) is 29.8 Å². The Kier molecular flexibility index (Phi) is 3.15. The quantitative estimate of drug-likeness (QED) is 0.701. The van der Waals surface area contributed by atoms with E-state index in [0.717, 1.165) is 0 Å². The Balaban J connectivity index is 2.87. The van der Waals surface area contributed by atoms with Crippen LogP contribution in [0.1, 0.15) is 17.5 Å². The molecule has 0 aliphatic heterocycles. The number of rotatable bonds is 3. The highest BCUT2D eigenvalue weighted by atomic mass is 32.2. The summed E-state index contributed by atoms with van der Waals surface area (Å²) in [5.74, 6) is -3.26. The Hall–Kier alpha value is -2.19. The Morgan fingerprint density at radius 2 is 1.75 bits per heavy atom. The normalized spacial score (nSPS) is 21.8. The van der Waals surface area contributed by atoms with Gasteiger partial charge in [-0.1, -0.05) is 24.3 Å². The summed E-state index contributed by atoms with van der Waals surface area (Å²) in [5.41, 5.74) is -0.417. The van der Waals surface area contributed by atoms with E-state index in [2.05, 4.69) is 0 Å². The van der Waals surface area contributed by atoms with Crippen molar-refractivity contribution in [3.63, 3.8) is 0 Å². The minimum atomic E-state index is -5.07. The number of hydrogen-bond acceptors (Lipinski definition) is 4. The zero-order valence-corrected chi connectivity index (χ0v) is 10.8. The van der Waals surface area contributed by atoms with Crippen molar-refractivity contribution in [1.29, 1.82) is 0 Å². The second-order valence-corrected chi connectivity index (χ2v) is 5.99. The van der Waals surface area contributed by atoms with Gasteiger partial charge in [-0.2, -0.15) is 8.42 Å². The minimum Gasteiger partial charge on any atom is -0.480 e. The van der Waals surface area contributed by atoms with Gasteiger partial charge >= 0.3 is 11.9 Å². The molecule has 7 nitrogen and oxygen atoms in total. The van der Waals surface area contributed by atoms with Gasteiger partial charge in [0, 0.05) is 12.0 Å². The maximum absolute atomic E-state index is 11.6. The predicted octanol–water partition coefficient (Wildman–Crippen LogP) is 0.726. The molecule has 1 aliphatic rings. The molecule has 0 heterocycles. The molecular formula is C12H10O7S. The Morgan fingerprint density at radius 1 is 1.15 bits per heavy atom. The number of aliphatic carboxylic acids is 2. The van der Waals surface area contributed by atoms with Crippen LogP contribution in [-0.4, -0.2) is 35.1 Å². The summed E-state index contributed by atoms with van der Waals surface area (Å²) in [6.45, 7) is 0. The van der Waals surface area contributed by atoms with Crippen LogP contribution in [0.4, 0.5) is 0 Å². The number of benzene rings is 1. The van der Waals surface area contributed by atoms with Crippen LogP contribution in [-0.2, 0) is 24.5 Å². The average molecular weight is 298 g/mol. The van der Waals surface area contributed by atoms with Crippen molar-refractivity contribution >= 4 is 28.1 Å². The second kappa shape index (κ2) is 4.43. The number of carbonyl (C=O) groups is 2. The monoisotopic (exact) mass is 298 g/mol. The van der Waals surface area contributed by atoms with Gasteiger partial charge in [-0.15, -0.1) is 0 Å². The molecule has 106 valence electrons. The summed E-state index contributed by atoms with van der Waals surface area (Å²) in [5, 5.41) is 18.3. The molecule has 1 unspecified atom stereocenters. The summed E-state index contributed by atoms with van der Waals surface area (Å²) in [6.07, 6.45) is 0.359. The average Bonchev–Trinajstić information content (AvgIpc) is 2.35. The summed E-state index contributed by atoms with van der Waals surface area (Å²) < 4.78 is 29.9. The lowest BCUT2D eigenvalue weighted by Gasteiger charge is -2.31. The van der Waals surface area contributed by atoms with Crippen molar-refractivity contribution in [1.82, 2.24) is 0 Å². The second-order valence-electron chi connectivity index (χ2n) is 4.35. The van der Waals surface area contributed by atoms with Gasteiger partial charge in [-0.25, -0.2) is 4.79 Å². The largest absolute Gasteiger partial charge is 0.480 e. The fourth-order valence-electron chi connectivity index (χ4n) is 2.26. The first kappa shape index (κ1) is 14.2. The molecule has 0 saturated heterocycles. The van der Waals surface area contributed by atoms with Gasteiger partial charge in [-0.3, -0.25) is 9.35 Å². The van der Waals surface area contributed by atoms with Crippen LogP contribution < -0.4 is 0 Å². The van der Waals surface area contributed by atoms with Crippen LogP contribution in [0.3, 0.4) is 0 Å². The van der Waals surface area contributed by atoms with Crippen molar-refractivity contribution in [3.8, 4) is 0 Å². The number of carboxylic acid groups (broad SMARTS) is 2. The first-order valence-electron chi connectivity index (χ1n) is 5.44. The zero-order chi connectivity index (χ0) is 15.1. The molecule has 1 aromatic carbocycles. The van der Waals surface area contributed by atoms with E-state index in [0.29, 0.717) is 0 Å². The summed E-state index contributed by atoms with van der Waals surface area (Å²) >= 11 is 0. The highest BCUT2D eigenvalue weighted by molar-refractivity contribution is 7.87. The maximum atomic E-state index is 11.6. The molecule has 0 spiro atoms. The van der Waals surface area contributed by atoms with Crippen molar-refractivity contribution in [2.24, 2.45) is 0 Å². The van der Waals surface area contributed by atoms with E-state index in [1.54, 1.807) is 0 Å². The first-order chi connectivity index (χ1) is 9.20. The van der Waals surface area contributed by atoms with Gasteiger partial charge in [0.2, 0.25) is 4.75 Å². The van der Waals surface area contributed by atoms with Crippen molar-refractivity contribution in [2.45, 2.75) is 11.2 Å². The molecule has 0 bridgehead atoms. The van der Waals surface area contributed by atoms with Gasteiger partial charge in [-0.05, 0) is 17.2 Å². The van der Waals surface area contributed by atoms with E-state index in [9.17, 15) is 27.7 Å². The Morgan fingerprint density at radius 3 is 2.25 bits per heavy atom. The fourth-order valence-corrected chi connectivity index (χ4v) is 3.28. The van der Waals surface area contributed by atoms with Gasteiger partial charge in [0.05, 0.1) is 0 Å². The van der Waals surface area contributed by atoms with Crippen LogP contribution in [0, 0.1) is 0 Å². The van der Waals surface area contributed by atoms with Gasteiger partial charge in [0.15, 0.2) is 0 Å². The van der Waals surface area contributed by atoms with E-state index in [-0.39, 0.29) is 11.1 Å². The third kappa shape index (κ3) is 1.89. The minimum absolute atomic E-state index is 0.135. The Bertz CT molecular complexity index is 732. The van der Waals surface area contributed by atoms with Crippen LogP contribution in [0.2, 0.25) is 0 Å². The van der Waals surface area contributed by atoms with E-state index in [1.165, 1.54) is 30.3 Å². The third-order valence-electron chi connectivity index (χ3n) is 3.23. The zero-order valence-electron chi connectivity index (χ0n) is 9.98. The first-order valence-corrected chi connectivity index (χ1v) is 6.88. The molecule has 0 aromatic heterocycles. The van der Waals surface area contributed by atoms with E-state index in [1.807, 2.05) is 0 Å². The molecule has 8 heteroatoms. The van der Waals surface area contributed by atoms with Gasteiger partial charge in [0.1, 0.15) is 0 Å². The summed E-state index contributed by atoms with van der Waals surface area (Å²) in [6, 6.07) is 5.56. The molecule has 1 aromatic rings. The lowest BCUT2D eigenvalue weighted by atomic mass is 9.82. The molecule has 20 heavy (non-hydrogen) atoms. The maximum Gasteiger partial charge on any atom is 0.332 e. The predicted molar refractivity (Wildman–Crippen MR) is 67.5 cm³/mol. The SMILES string of the molecule is O=C(O)C1=Cc2ccccc2C(C(=O)O)(S(=O)(=O)O)C1. The molecule has 1 atom stereocenters. The number of carboxylic acids is 2. The van der Waals surface area contributed by atoms with Crippen LogP contribution >= 0.6 is 0 Å². The number of fused-ring (bicyclic) bond motifs is 1. The smallest absolute Gasteiger partial charge is 0.332 e. The highest BCUT2D eigenvalue weighted by Crippen LogP contribution is 2.43. The van der Waals surface area contributed by atoms with Gasteiger partial charge in [0.25, 0.3) is 10.1 Å². The lowest BCUT2D eigenvalue weighted by Crippen LogP contribution is -2.46. The number of hydrogen-bond donors (Lipinski definition) is 3. The summed E-state index contributed by atoms with van der Waals surface area (Å²) in [4.78, 5) is 22.6. The fraction of sp³-hybridized carbons (Fsp3) is 0.167. The third-order valence-corrected chi connectivity index (χ3v) is 4.65. The van der Waals surface area contributed by atoms with Gasteiger partial charge < -0.3 is 10.2 Å². The van der Waals surface area contributed by atoms with Crippen molar-refractivity contribution < 1.29 is 32.8 Å². The summed E-state index contributed by atoms with van der Waals surface area (Å²) in [7, 11) is -5.07. The van der Waals surface area contributed by atoms with E-state index < -0.39 is 38.8 Å². The molecule has 0 fully saturated rings. The molecule has 0 amide bonds. The lowest BCUT2D eigenvalue weighted by molar-refractivity contribution is -0.140. The Labute approximate surface area is 113 Å². The molecule has 0 saturated carbocycles.